The van der Waals surface area contributed by atoms with Crippen LogP contribution in [0, 0.1) is 11.6 Å². The Kier molecular flexibility index (Phi) is 10.1. The van der Waals surface area contributed by atoms with Crippen molar-refractivity contribution in [1.82, 2.24) is 14.0 Å². The van der Waals surface area contributed by atoms with Crippen molar-refractivity contribution in [1.29, 1.82) is 0 Å². The van der Waals surface area contributed by atoms with Crippen molar-refractivity contribution in [2.24, 2.45) is 0 Å². The molecule has 0 fully saturated rings. The molecule has 4 aromatic carbocycles. The van der Waals surface area contributed by atoms with E-state index in [-0.39, 0.29) is 17.4 Å². The minimum Gasteiger partial charge on any atom is -0.299 e. The van der Waals surface area contributed by atoms with E-state index in [1.165, 1.54) is 22.0 Å². The molecule has 0 N–H and O–H groups in total. The average molecular weight is 678 g/mol. The lowest BCUT2D eigenvalue weighted by Gasteiger charge is -2.28. The molecule has 250 valence electrons. The quantitative estimate of drug-likeness (QED) is 0.131. The largest absolute Gasteiger partial charge is 0.337 e. The normalized spacial score (nSPS) is 12.1. The summed E-state index contributed by atoms with van der Waals surface area (Å²) in [5.41, 5.74) is 2.44. The Labute approximate surface area is 287 Å². The molecule has 0 saturated heterocycles. The number of Topliss-reactive ketones (excluding diaryl/α,β-unsaturated/α-hetero) is 1. The van der Waals surface area contributed by atoms with Gasteiger partial charge in [-0.05, 0) is 60.0 Å². The van der Waals surface area contributed by atoms with Gasteiger partial charge in [0.05, 0.1) is 17.6 Å². The van der Waals surface area contributed by atoms with E-state index < -0.39 is 29.4 Å². The number of nitrogens with zero attached hydrogens (tertiary/aromatic N) is 3. The summed E-state index contributed by atoms with van der Waals surface area (Å²) in [6.45, 7) is 3.90. The van der Waals surface area contributed by atoms with Crippen LogP contribution in [0.15, 0.2) is 113 Å². The average Bonchev–Trinajstić information content (AvgIpc) is 3.48. The molecule has 0 bridgehead atoms. The zero-order valence-electron chi connectivity index (χ0n) is 27.7. The van der Waals surface area contributed by atoms with Crippen LogP contribution in [0.2, 0.25) is 0 Å². The predicted molar refractivity (Wildman–Crippen MR) is 193 cm³/mol. The van der Waals surface area contributed by atoms with Crippen LogP contribution >= 0.6 is 11.3 Å². The van der Waals surface area contributed by atoms with Crippen molar-refractivity contribution in [3.8, 4) is 16.1 Å². The molecule has 0 spiro atoms. The van der Waals surface area contributed by atoms with Gasteiger partial charge in [-0.15, -0.1) is 11.3 Å². The number of rotatable bonds is 12. The first kappa shape index (κ1) is 33.9. The molecule has 6 nitrogen and oxygen atoms in total. The Morgan fingerprint density at radius 3 is 2.06 bits per heavy atom. The first-order valence-electron chi connectivity index (χ1n) is 16.4. The fourth-order valence-electron chi connectivity index (χ4n) is 6.40. The van der Waals surface area contributed by atoms with E-state index in [1.807, 2.05) is 56.4 Å². The van der Waals surface area contributed by atoms with E-state index in [0.717, 1.165) is 44.7 Å². The highest BCUT2D eigenvalue weighted by molar-refractivity contribution is 7.22. The number of carbonyl (C=O) groups excluding carboxylic acids is 1. The molecule has 2 heterocycles. The van der Waals surface area contributed by atoms with Crippen molar-refractivity contribution in [2.75, 3.05) is 7.05 Å². The van der Waals surface area contributed by atoms with Gasteiger partial charge in [-0.1, -0.05) is 92.7 Å². The molecule has 6 rings (SSSR count). The molecular formula is C40H37F2N3O3S. The topological polar surface area (TPSA) is 64.3 Å². The standard InChI is InChI=1S/C40H37F2N3O3S/c1-4-30(46)23-26-19-21-28(22-20-26)37-32(24-43(3)35(5-2)27-13-8-6-9-14-27)36-38(47)45(29-15-10-7-11-16-29)40(48)44(39(36)49-37)25-31-33(41)17-12-18-34(31)42/h6-22,35H,4-5,23-25H2,1-3H3. The van der Waals surface area contributed by atoms with Crippen LogP contribution in [-0.2, 0) is 24.3 Å². The monoisotopic (exact) mass is 677 g/mol. The number of fused-ring (bicyclic) bond motifs is 1. The molecule has 0 aliphatic heterocycles. The number of aromatic nitrogens is 2. The Bertz CT molecular complexity index is 2210. The minimum atomic E-state index is -0.778. The first-order valence-corrected chi connectivity index (χ1v) is 17.2. The molecule has 2 aromatic heterocycles. The molecule has 0 saturated carbocycles. The SMILES string of the molecule is CCC(=O)Cc1ccc(-c2sc3c(c2CN(C)C(CC)c2ccccc2)c(=O)n(-c2ccccc2)c(=O)n3Cc2c(F)cccc2F)cc1. The third-order valence-corrected chi connectivity index (χ3v) is 10.3. The maximum atomic E-state index is 15.1. The fourth-order valence-corrected chi connectivity index (χ4v) is 7.70. The molecule has 0 radical (unpaired) electrons. The lowest BCUT2D eigenvalue weighted by atomic mass is 10.00. The zero-order valence-corrected chi connectivity index (χ0v) is 28.5. The second-order valence-corrected chi connectivity index (χ2v) is 13.1. The van der Waals surface area contributed by atoms with Gasteiger partial charge in [0.2, 0.25) is 0 Å². The third kappa shape index (κ3) is 6.82. The van der Waals surface area contributed by atoms with E-state index in [9.17, 15) is 14.4 Å². The van der Waals surface area contributed by atoms with E-state index in [4.69, 9.17) is 0 Å². The van der Waals surface area contributed by atoms with Gasteiger partial charge in [0.15, 0.2) is 0 Å². The van der Waals surface area contributed by atoms with Gasteiger partial charge in [0.1, 0.15) is 22.2 Å². The van der Waals surface area contributed by atoms with Crippen LogP contribution in [0.1, 0.15) is 55.0 Å². The van der Waals surface area contributed by atoms with Gasteiger partial charge < -0.3 is 0 Å². The molecule has 0 aliphatic carbocycles. The Morgan fingerprint density at radius 1 is 0.816 bits per heavy atom. The van der Waals surface area contributed by atoms with Crippen LogP contribution in [0.4, 0.5) is 8.78 Å². The van der Waals surface area contributed by atoms with Gasteiger partial charge in [0.25, 0.3) is 5.56 Å². The summed E-state index contributed by atoms with van der Waals surface area (Å²) in [6, 6.07) is 30.0. The van der Waals surface area contributed by atoms with Crippen LogP contribution in [0.5, 0.6) is 0 Å². The highest BCUT2D eigenvalue weighted by atomic mass is 32.1. The van der Waals surface area contributed by atoms with Crippen LogP contribution in [0.25, 0.3) is 26.3 Å². The highest BCUT2D eigenvalue weighted by Crippen LogP contribution is 2.39. The van der Waals surface area contributed by atoms with Crippen LogP contribution in [0.3, 0.4) is 0 Å². The number of hydrogen-bond acceptors (Lipinski definition) is 5. The maximum absolute atomic E-state index is 15.1. The molecule has 0 amide bonds. The molecule has 1 atom stereocenters. The van der Waals surface area contributed by atoms with E-state index in [1.54, 1.807) is 30.3 Å². The Morgan fingerprint density at radius 2 is 1.45 bits per heavy atom. The summed E-state index contributed by atoms with van der Waals surface area (Å²) < 4.78 is 32.6. The molecule has 6 aromatic rings. The second-order valence-electron chi connectivity index (χ2n) is 12.2. The lowest BCUT2D eigenvalue weighted by molar-refractivity contribution is -0.118. The molecule has 0 aliphatic rings. The summed E-state index contributed by atoms with van der Waals surface area (Å²) >= 11 is 1.26. The zero-order chi connectivity index (χ0) is 34.7. The predicted octanol–water partition coefficient (Wildman–Crippen LogP) is 8.31. The first-order chi connectivity index (χ1) is 23.7. The number of ketones is 1. The molecular weight excluding hydrogens is 641 g/mol. The smallest absolute Gasteiger partial charge is 0.299 e. The number of benzene rings is 4. The van der Waals surface area contributed by atoms with Crippen molar-refractivity contribution in [2.45, 2.75) is 52.2 Å². The lowest BCUT2D eigenvalue weighted by Crippen LogP contribution is -2.39. The Balaban J connectivity index is 1.63. The summed E-state index contributed by atoms with van der Waals surface area (Å²) in [5.74, 6) is -1.42. The van der Waals surface area contributed by atoms with Gasteiger partial charge in [-0.25, -0.2) is 18.1 Å². The fraction of sp³-hybridized carbons (Fsp3) is 0.225. The molecule has 49 heavy (non-hydrogen) atoms. The maximum Gasteiger partial charge on any atom is 0.337 e. The van der Waals surface area contributed by atoms with Gasteiger partial charge in [-0.3, -0.25) is 19.1 Å². The summed E-state index contributed by atoms with van der Waals surface area (Å²) in [6.07, 6.45) is 1.58. The molecule has 1 unspecified atom stereocenters. The second kappa shape index (κ2) is 14.6. The summed E-state index contributed by atoms with van der Waals surface area (Å²) in [5, 5.41) is 0.320. The highest BCUT2D eigenvalue weighted by Gasteiger charge is 2.27. The number of halogens is 2. The van der Waals surface area contributed by atoms with Crippen molar-refractivity contribution >= 4 is 27.3 Å². The van der Waals surface area contributed by atoms with Crippen molar-refractivity contribution in [3.05, 3.63) is 158 Å². The van der Waals surface area contributed by atoms with Crippen molar-refractivity contribution in [3.63, 3.8) is 0 Å². The molecule has 9 heteroatoms. The number of thiophene rings is 1. The van der Waals surface area contributed by atoms with Crippen LogP contribution in [-0.4, -0.2) is 26.9 Å². The van der Waals surface area contributed by atoms with Crippen LogP contribution < -0.4 is 11.2 Å². The number of carbonyl (C=O) groups is 1. The van der Waals surface area contributed by atoms with Crippen molar-refractivity contribution < 1.29 is 13.6 Å². The van der Waals surface area contributed by atoms with E-state index in [2.05, 4.69) is 24.0 Å². The summed E-state index contributed by atoms with van der Waals surface area (Å²) in [7, 11) is 2.01. The van der Waals surface area contributed by atoms with E-state index in [0.29, 0.717) is 40.9 Å². The third-order valence-electron chi connectivity index (χ3n) is 8.99. The van der Waals surface area contributed by atoms with Gasteiger partial charge >= 0.3 is 5.69 Å². The van der Waals surface area contributed by atoms with E-state index >= 15 is 8.78 Å². The van der Waals surface area contributed by atoms with Gasteiger partial charge in [0, 0.05) is 35.9 Å². The number of hydrogen-bond donors (Lipinski definition) is 0. The summed E-state index contributed by atoms with van der Waals surface area (Å²) in [4.78, 5) is 44.3. The van der Waals surface area contributed by atoms with Gasteiger partial charge in [-0.2, -0.15) is 0 Å². The number of para-hydroxylation sites is 1. The minimum absolute atomic E-state index is 0.0289. The Hall–Kier alpha value is -4.99.